The first-order valence-electron chi connectivity index (χ1n) is 11.3. The molecule has 3 aromatic rings. The number of rotatable bonds is 5. The Labute approximate surface area is 196 Å². The number of hydrogen-bond acceptors (Lipinski definition) is 6. The fourth-order valence-corrected chi connectivity index (χ4v) is 5.02. The molecule has 1 aliphatic heterocycles. The van der Waals surface area contributed by atoms with E-state index in [0.717, 1.165) is 31.5 Å². The number of carboxylic acid groups (broad SMARTS) is 1. The van der Waals surface area contributed by atoms with Gasteiger partial charge in [0, 0.05) is 25.7 Å². The third kappa shape index (κ3) is 3.95. The number of fused-ring (bicyclic) bond motifs is 1. The summed E-state index contributed by atoms with van der Waals surface area (Å²) in [6, 6.07) is 8.51. The highest BCUT2D eigenvalue weighted by molar-refractivity contribution is 6.29. The van der Waals surface area contributed by atoms with E-state index in [-0.39, 0.29) is 16.3 Å². The van der Waals surface area contributed by atoms with Crippen LogP contribution in [0.1, 0.15) is 48.7 Å². The molecule has 1 saturated carbocycles. The Morgan fingerprint density at radius 2 is 1.91 bits per heavy atom. The van der Waals surface area contributed by atoms with Crippen molar-refractivity contribution < 1.29 is 14.3 Å². The molecule has 2 aliphatic rings. The van der Waals surface area contributed by atoms with Crippen molar-refractivity contribution in [2.75, 3.05) is 29.4 Å². The maximum absolute atomic E-state index is 13.1. The summed E-state index contributed by atoms with van der Waals surface area (Å²) < 4.78 is 6.38. The molecule has 0 radical (unpaired) electrons. The number of aryl methyl sites for hydroxylation is 1. The van der Waals surface area contributed by atoms with Crippen LogP contribution in [0.4, 0.5) is 17.3 Å². The van der Waals surface area contributed by atoms with Gasteiger partial charge in [0.2, 0.25) is 0 Å². The van der Waals surface area contributed by atoms with Gasteiger partial charge in [-0.3, -0.25) is 4.79 Å². The Morgan fingerprint density at radius 1 is 1.18 bits per heavy atom. The first-order valence-corrected chi connectivity index (χ1v) is 11.7. The van der Waals surface area contributed by atoms with Crippen molar-refractivity contribution in [3.63, 3.8) is 0 Å². The van der Waals surface area contributed by atoms with Gasteiger partial charge in [0.15, 0.2) is 22.6 Å². The highest BCUT2D eigenvalue weighted by Crippen LogP contribution is 2.54. The summed E-state index contributed by atoms with van der Waals surface area (Å²) in [6.45, 7) is 6.01. The number of pyridine rings is 1. The fourth-order valence-electron chi connectivity index (χ4n) is 4.88. The van der Waals surface area contributed by atoms with E-state index in [0.29, 0.717) is 40.2 Å². The second kappa shape index (κ2) is 8.06. The normalized spacial score (nSPS) is 16.9. The number of benzene rings is 1. The van der Waals surface area contributed by atoms with Gasteiger partial charge in [-0.25, -0.2) is 9.78 Å². The quantitative estimate of drug-likeness (QED) is 0.503. The van der Waals surface area contributed by atoms with Crippen LogP contribution >= 0.6 is 11.6 Å². The molecule has 7 nitrogen and oxygen atoms in total. The van der Waals surface area contributed by atoms with Gasteiger partial charge in [0.25, 0.3) is 0 Å². The molecule has 1 saturated heterocycles. The Balaban J connectivity index is 1.65. The van der Waals surface area contributed by atoms with Crippen LogP contribution in [0.25, 0.3) is 11.0 Å². The van der Waals surface area contributed by atoms with Crippen LogP contribution in [0.15, 0.2) is 39.5 Å². The van der Waals surface area contributed by atoms with E-state index in [1.807, 2.05) is 30.9 Å². The molecule has 0 unspecified atom stereocenters. The lowest BCUT2D eigenvalue weighted by Gasteiger charge is -2.32. The molecule has 1 aliphatic carbocycles. The number of anilines is 3. The molecular weight excluding hydrogens is 442 g/mol. The van der Waals surface area contributed by atoms with Gasteiger partial charge in [0.1, 0.15) is 5.15 Å². The first-order chi connectivity index (χ1) is 15.8. The number of hydrogen-bond donors (Lipinski definition) is 1. The van der Waals surface area contributed by atoms with Gasteiger partial charge in [-0.1, -0.05) is 11.6 Å². The van der Waals surface area contributed by atoms with Crippen LogP contribution in [0.3, 0.4) is 0 Å². The van der Waals surface area contributed by atoms with Gasteiger partial charge in [-0.05, 0) is 74.8 Å². The molecule has 0 bridgehead atoms. The van der Waals surface area contributed by atoms with Gasteiger partial charge < -0.3 is 19.3 Å². The molecule has 2 aromatic heterocycles. The number of piperidine rings is 1. The molecule has 172 valence electrons. The summed E-state index contributed by atoms with van der Waals surface area (Å²) in [5, 5.41) is 10.3. The van der Waals surface area contributed by atoms with Crippen LogP contribution < -0.4 is 15.2 Å². The van der Waals surface area contributed by atoms with Gasteiger partial charge in [-0.2, -0.15) is 0 Å². The van der Waals surface area contributed by atoms with Crippen LogP contribution in [-0.4, -0.2) is 35.7 Å². The van der Waals surface area contributed by atoms with Crippen molar-refractivity contribution in [2.45, 2.75) is 39.5 Å². The number of nitrogens with zero attached hydrogens (tertiary/aromatic N) is 3. The van der Waals surface area contributed by atoms with Crippen molar-refractivity contribution >= 4 is 45.8 Å². The monoisotopic (exact) mass is 467 g/mol. The second-order valence-electron chi connectivity index (χ2n) is 9.15. The largest absolute Gasteiger partial charge is 0.476 e. The summed E-state index contributed by atoms with van der Waals surface area (Å²) in [4.78, 5) is 33.0. The minimum Gasteiger partial charge on any atom is -0.476 e. The van der Waals surface area contributed by atoms with Crippen molar-refractivity contribution in [1.29, 1.82) is 0 Å². The van der Waals surface area contributed by atoms with E-state index in [1.165, 1.54) is 12.8 Å². The zero-order chi connectivity index (χ0) is 23.3. The molecule has 1 aromatic carbocycles. The summed E-state index contributed by atoms with van der Waals surface area (Å²) in [5.41, 5.74) is 2.61. The van der Waals surface area contributed by atoms with Gasteiger partial charge in [0.05, 0.1) is 16.8 Å². The summed E-state index contributed by atoms with van der Waals surface area (Å²) in [6.07, 6.45) is 4.85. The predicted octanol–water partition coefficient (Wildman–Crippen LogP) is 5.39. The predicted molar refractivity (Wildman–Crippen MR) is 129 cm³/mol. The molecule has 0 atom stereocenters. The van der Waals surface area contributed by atoms with Gasteiger partial charge in [-0.15, -0.1) is 0 Å². The van der Waals surface area contributed by atoms with Gasteiger partial charge >= 0.3 is 5.97 Å². The average molecular weight is 468 g/mol. The minimum atomic E-state index is -1.17. The molecular formula is C25H26ClN3O4. The number of halogens is 1. The van der Waals surface area contributed by atoms with E-state index in [9.17, 15) is 14.7 Å². The van der Waals surface area contributed by atoms with Crippen molar-refractivity contribution in [3.8, 4) is 0 Å². The summed E-state index contributed by atoms with van der Waals surface area (Å²) in [7, 11) is 0. The lowest BCUT2D eigenvalue weighted by molar-refractivity contribution is 0.0691. The van der Waals surface area contributed by atoms with Crippen LogP contribution in [0.5, 0.6) is 0 Å². The van der Waals surface area contributed by atoms with Crippen molar-refractivity contribution in [2.24, 2.45) is 5.41 Å². The maximum atomic E-state index is 13.1. The van der Waals surface area contributed by atoms with E-state index in [4.69, 9.17) is 16.0 Å². The summed E-state index contributed by atoms with van der Waals surface area (Å²) >= 11 is 5.97. The lowest BCUT2D eigenvalue weighted by Crippen LogP contribution is -2.34. The third-order valence-corrected chi connectivity index (χ3v) is 7.18. The lowest BCUT2D eigenvalue weighted by atomic mass is 9.94. The number of carboxylic acids is 1. The topological polar surface area (TPSA) is 86.9 Å². The highest BCUT2D eigenvalue weighted by atomic mass is 35.5. The molecule has 1 N–H and O–H groups in total. The Bertz CT molecular complexity index is 1300. The molecule has 33 heavy (non-hydrogen) atoms. The Morgan fingerprint density at radius 3 is 2.55 bits per heavy atom. The first kappa shape index (κ1) is 21.8. The smallest absolute Gasteiger partial charge is 0.356 e. The fraction of sp³-hybridized carbons (Fsp3) is 0.400. The summed E-state index contributed by atoms with van der Waals surface area (Å²) in [5.74, 6) is -0.607. The van der Waals surface area contributed by atoms with Crippen LogP contribution in [0.2, 0.25) is 5.15 Å². The SMILES string of the molecule is CCN(c1ccc(Cl)nc1C(=O)O)c1cc(C)cc2c(=O)cc(N3CCC4(CC3)CC4)oc12. The maximum Gasteiger partial charge on any atom is 0.356 e. The number of aromatic nitrogens is 1. The second-order valence-corrected chi connectivity index (χ2v) is 9.54. The molecule has 2 fully saturated rings. The van der Waals surface area contributed by atoms with Crippen molar-refractivity contribution in [3.05, 3.63) is 57.0 Å². The molecule has 3 heterocycles. The Hall–Kier alpha value is -3.06. The van der Waals surface area contributed by atoms with E-state index in [2.05, 4.69) is 9.88 Å². The van der Waals surface area contributed by atoms with Crippen LogP contribution in [0, 0.1) is 12.3 Å². The highest BCUT2D eigenvalue weighted by Gasteiger charge is 2.44. The molecule has 1 spiro atoms. The van der Waals surface area contributed by atoms with E-state index >= 15 is 0 Å². The standard InChI is InChI=1S/C25H26ClN3O4/c1-3-29(17-4-5-20(26)27-22(17)24(31)32)18-13-15(2)12-16-19(30)14-21(33-23(16)18)28-10-8-25(6-7-25)9-11-28/h4-5,12-14H,3,6-11H2,1-2H3,(H,31,32). The average Bonchev–Trinajstić information content (AvgIpc) is 3.54. The zero-order valence-electron chi connectivity index (χ0n) is 18.7. The van der Waals surface area contributed by atoms with E-state index in [1.54, 1.807) is 18.2 Å². The number of carbonyl (C=O) groups is 1. The Kier molecular flexibility index (Phi) is 5.32. The number of aromatic carboxylic acids is 1. The van der Waals surface area contributed by atoms with E-state index < -0.39 is 5.97 Å². The minimum absolute atomic E-state index is 0.105. The van der Waals surface area contributed by atoms with Crippen LogP contribution in [-0.2, 0) is 0 Å². The third-order valence-electron chi connectivity index (χ3n) is 6.97. The molecule has 8 heteroatoms. The molecule has 5 rings (SSSR count). The van der Waals surface area contributed by atoms with Crippen molar-refractivity contribution in [1.82, 2.24) is 4.98 Å². The molecule has 0 amide bonds. The zero-order valence-corrected chi connectivity index (χ0v) is 19.5.